The van der Waals surface area contributed by atoms with Crippen LogP contribution >= 0.6 is 11.3 Å². The Hall–Kier alpha value is -2.50. The van der Waals surface area contributed by atoms with Crippen molar-refractivity contribution in [3.05, 3.63) is 93.4 Å². The Labute approximate surface area is 199 Å². The summed E-state index contributed by atoms with van der Waals surface area (Å²) in [5.74, 6) is 1.33. The van der Waals surface area contributed by atoms with E-state index >= 15 is 0 Å². The standard InChI is InChI=1S/C28H31FN2OS/c1-20-3-2-4-23(15-20)28(32)31-17-25(27(18-31)24-11-14-33-19-24)16-30-12-9-22(10-13-30)21-5-7-26(29)8-6-21/h2-8,11,14-15,19,22,25,27H,9-10,12-13,16-18H2,1H3. The summed E-state index contributed by atoms with van der Waals surface area (Å²) in [6, 6.07) is 17.2. The molecule has 0 N–H and O–H groups in total. The molecule has 2 unspecified atom stereocenters. The molecule has 0 saturated carbocycles. The molecule has 2 aromatic carbocycles. The van der Waals surface area contributed by atoms with Crippen LogP contribution in [0.2, 0.25) is 0 Å². The third-order valence-electron chi connectivity index (χ3n) is 7.39. The normalized spacial score (nSPS) is 22.1. The van der Waals surface area contributed by atoms with Crippen molar-refractivity contribution in [2.75, 3.05) is 32.7 Å². The Balaban J connectivity index is 1.25. The number of aryl methyl sites for hydroxylation is 1. The Kier molecular flexibility index (Phi) is 6.61. The molecule has 0 aliphatic carbocycles. The van der Waals surface area contributed by atoms with Crippen LogP contribution in [0.25, 0.3) is 0 Å². The Morgan fingerprint density at radius 3 is 2.52 bits per heavy atom. The van der Waals surface area contributed by atoms with Crippen LogP contribution in [0.15, 0.2) is 65.4 Å². The minimum atomic E-state index is -0.165. The number of carbonyl (C=O) groups is 1. The van der Waals surface area contributed by atoms with Crippen LogP contribution in [0.4, 0.5) is 4.39 Å². The van der Waals surface area contributed by atoms with Gasteiger partial charge in [-0.15, -0.1) is 0 Å². The molecule has 0 radical (unpaired) electrons. The fourth-order valence-corrected chi connectivity index (χ4v) is 6.29. The zero-order valence-corrected chi connectivity index (χ0v) is 19.9. The lowest BCUT2D eigenvalue weighted by molar-refractivity contribution is 0.0781. The summed E-state index contributed by atoms with van der Waals surface area (Å²) in [5, 5.41) is 4.39. The van der Waals surface area contributed by atoms with E-state index in [0.29, 0.717) is 17.8 Å². The zero-order valence-electron chi connectivity index (χ0n) is 19.1. The van der Waals surface area contributed by atoms with Crippen molar-refractivity contribution < 1.29 is 9.18 Å². The van der Waals surface area contributed by atoms with Gasteiger partial charge in [0.05, 0.1) is 0 Å². The molecular formula is C28H31FN2OS. The maximum Gasteiger partial charge on any atom is 0.253 e. The van der Waals surface area contributed by atoms with Crippen LogP contribution in [-0.4, -0.2) is 48.4 Å². The van der Waals surface area contributed by atoms with E-state index in [0.717, 1.165) is 56.7 Å². The number of hydrogen-bond acceptors (Lipinski definition) is 3. The van der Waals surface area contributed by atoms with Gasteiger partial charge in [0.2, 0.25) is 0 Å². The average molecular weight is 463 g/mol. The van der Waals surface area contributed by atoms with Crippen molar-refractivity contribution in [1.82, 2.24) is 9.80 Å². The summed E-state index contributed by atoms with van der Waals surface area (Å²) in [6.45, 7) is 6.77. The molecule has 3 heterocycles. The number of likely N-dealkylation sites (tertiary alicyclic amines) is 2. The van der Waals surface area contributed by atoms with Gasteiger partial charge in [0.15, 0.2) is 0 Å². The minimum absolute atomic E-state index is 0.149. The van der Waals surface area contributed by atoms with Gasteiger partial charge in [-0.2, -0.15) is 11.3 Å². The molecule has 2 aliphatic rings. The number of carbonyl (C=O) groups excluding carboxylic acids is 1. The van der Waals surface area contributed by atoms with Crippen LogP contribution in [0.1, 0.15) is 51.7 Å². The van der Waals surface area contributed by atoms with E-state index < -0.39 is 0 Å². The van der Waals surface area contributed by atoms with Crippen molar-refractivity contribution in [3.8, 4) is 0 Å². The van der Waals surface area contributed by atoms with E-state index in [2.05, 4.69) is 26.6 Å². The van der Waals surface area contributed by atoms with Gasteiger partial charge < -0.3 is 9.80 Å². The first kappa shape index (κ1) is 22.3. The predicted octanol–water partition coefficient (Wildman–Crippen LogP) is 5.93. The molecule has 1 aromatic heterocycles. The average Bonchev–Trinajstić information content (AvgIpc) is 3.50. The number of piperidine rings is 1. The maximum atomic E-state index is 13.3. The molecule has 5 rings (SSSR count). The van der Waals surface area contributed by atoms with Crippen molar-refractivity contribution in [1.29, 1.82) is 0 Å². The van der Waals surface area contributed by atoms with E-state index in [1.807, 2.05) is 43.3 Å². The second-order valence-corrected chi connectivity index (χ2v) is 10.4. The molecule has 2 atom stereocenters. The highest BCUT2D eigenvalue weighted by molar-refractivity contribution is 7.08. The molecule has 172 valence electrons. The van der Waals surface area contributed by atoms with E-state index in [1.54, 1.807) is 23.5 Å². The second-order valence-electron chi connectivity index (χ2n) is 9.63. The number of rotatable bonds is 5. The Bertz CT molecular complexity index is 1070. The fraction of sp³-hybridized carbons (Fsp3) is 0.393. The first-order valence-corrected chi connectivity index (χ1v) is 12.9. The smallest absolute Gasteiger partial charge is 0.253 e. The summed E-state index contributed by atoms with van der Waals surface area (Å²) >= 11 is 1.74. The van der Waals surface area contributed by atoms with Gasteiger partial charge in [-0.05, 0) is 96.9 Å². The summed E-state index contributed by atoms with van der Waals surface area (Å²) < 4.78 is 13.3. The van der Waals surface area contributed by atoms with Crippen LogP contribution < -0.4 is 0 Å². The maximum absolute atomic E-state index is 13.3. The third kappa shape index (κ3) is 5.04. The van der Waals surface area contributed by atoms with E-state index in [-0.39, 0.29) is 11.7 Å². The first-order valence-electron chi connectivity index (χ1n) is 11.9. The van der Waals surface area contributed by atoms with Gasteiger partial charge >= 0.3 is 0 Å². The molecule has 2 fully saturated rings. The van der Waals surface area contributed by atoms with Gasteiger partial charge in [-0.25, -0.2) is 4.39 Å². The summed E-state index contributed by atoms with van der Waals surface area (Å²) in [4.78, 5) is 17.9. The number of amides is 1. The summed E-state index contributed by atoms with van der Waals surface area (Å²) in [6.07, 6.45) is 2.21. The zero-order chi connectivity index (χ0) is 22.8. The molecule has 3 aromatic rings. The molecule has 5 heteroatoms. The second kappa shape index (κ2) is 9.78. The van der Waals surface area contributed by atoms with Crippen LogP contribution in [-0.2, 0) is 0 Å². The SMILES string of the molecule is Cc1cccc(C(=O)N2CC(CN3CCC(c4ccc(F)cc4)CC3)C(c3ccsc3)C2)c1. The lowest BCUT2D eigenvalue weighted by atomic mass is 9.87. The van der Waals surface area contributed by atoms with Gasteiger partial charge in [-0.1, -0.05) is 29.8 Å². The van der Waals surface area contributed by atoms with Crippen LogP contribution in [0.5, 0.6) is 0 Å². The van der Waals surface area contributed by atoms with Gasteiger partial charge in [0.1, 0.15) is 5.82 Å². The summed E-state index contributed by atoms with van der Waals surface area (Å²) in [7, 11) is 0. The molecule has 2 saturated heterocycles. The molecule has 2 aliphatic heterocycles. The molecular weight excluding hydrogens is 431 g/mol. The monoisotopic (exact) mass is 462 g/mol. The first-order chi connectivity index (χ1) is 16.1. The predicted molar refractivity (Wildman–Crippen MR) is 132 cm³/mol. The number of hydrogen-bond donors (Lipinski definition) is 0. The largest absolute Gasteiger partial charge is 0.338 e. The minimum Gasteiger partial charge on any atom is -0.338 e. The molecule has 3 nitrogen and oxygen atoms in total. The van der Waals surface area contributed by atoms with Crippen molar-refractivity contribution in [3.63, 3.8) is 0 Å². The van der Waals surface area contributed by atoms with Crippen LogP contribution in [0, 0.1) is 18.7 Å². The quantitative estimate of drug-likeness (QED) is 0.469. The number of thiophene rings is 1. The third-order valence-corrected chi connectivity index (χ3v) is 8.09. The van der Waals surface area contributed by atoms with E-state index in [9.17, 15) is 9.18 Å². The van der Waals surface area contributed by atoms with Crippen molar-refractivity contribution >= 4 is 17.2 Å². The highest BCUT2D eigenvalue weighted by Gasteiger charge is 2.38. The Morgan fingerprint density at radius 2 is 1.82 bits per heavy atom. The van der Waals surface area contributed by atoms with Gasteiger partial charge in [0.25, 0.3) is 5.91 Å². The molecule has 33 heavy (non-hydrogen) atoms. The fourth-order valence-electron chi connectivity index (χ4n) is 5.56. The Morgan fingerprint density at radius 1 is 1.03 bits per heavy atom. The van der Waals surface area contributed by atoms with Crippen molar-refractivity contribution in [2.45, 2.75) is 31.6 Å². The van der Waals surface area contributed by atoms with E-state index in [1.165, 1.54) is 11.1 Å². The highest BCUT2D eigenvalue weighted by Crippen LogP contribution is 2.36. The van der Waals surface area contributed by atoms with E-state index in [4.69, 9.17) is 0 Å². The van der Waals surface area contributed by atoms with Gasteiger partial charge in [0, 0.05) is 31.1 Å². The summed E-state index contributed by atoms with van der Waals surface area (Å²) in [5.41, 5.74) is 4.53. The number of halogens is 1. The molecule has 1 amide bonds. The lowest BCUT2D eigenvalue weighted by Gasteiger charge is -2.34. The van der Waals surface area contributed by atoms with Crippen molar-refractivity contribution in [2.24, 2.45) is 5.92 Å². The number of nitrogens with zero attached hydrogens (tertiary/aromatic N) is 2. The van der Waals surface area contributed by atoms with Crippen LogP contribution in [0.3, 0.4) is 0 Å². The molecule has 0 spiro atoms. The highest BCUT2D eigenvalue weighted by atomic mass is 32.1. The number of benzene rings is 2. The topological polar surface area (TPSA) is 23.6 Å². The van der Waals surface area contributed by atoms with Gasteiger partial charge in [-0.3, -0.25) is 4.79 Å². The lowest BCUT2D eigenvalue weighted by Crippen LogP contribution is -2.38. The molecule has 0 bridgehead atoms.